The van der Waals surface area contributed by atoms with Crippen LogP contribution in [0.25, 0.3) is 0 Å². The summed E-state index contributed by atoms with van der Waals surface area (Å²) in [5, 5.41) is 9.13. The largest absolute Gasteiger partial charge is 0.511 e. The van der Waals surface area contributed by atoms with E-state index in [0.29, 0.717) is 10.8 Å². The van der Waals surface area contributed by atoms with Crippen molar-refractivity contribution in [1.29, 1.82) is 0 Å². The van der Waals surface area contributed by atoms with Crippen LogP contribution in [0.15, 0.2) is 0 Å². The highest BCUT2D eigenvalue weighted by molar-refractivity contribution is 7.16. The van der Waals surface area contributed by atoms with Crippen molar-refractivity contribution >= 4 is 22.5 Å². The summed E-state index contributed by atoms with van der Waals surface area (Å²) < 4.78 is 4.76. The first-order chi connectivity index (χ1) is 8.11. The van der Waals surface area contributed by atoms with E-state index in [4.69, 9.17) is 15.6 Å². The minimum absolute atomic E-state index is 0.355. The molecule has 3 N–H and O–H groups in total. The first kappa shape index (κ1) is 12.2. The maximum absolute atomic E-state index is 10.6. The summed E-state index contributed by atoms with van der Waals surface area (Å²) in [7, 11) is 0. The molecule has 0 fully saturated rings. The Morgan fingerprint density at radius 2 is 2.41 bits per heavy atom. The van der Waals surface area contributed by atoms with Crippen molar-refractivity contribution in [3.05, 3.63) is 10.4 Å². The van der Waals surface area contributed by atoms with E-state index in [1.807, 2.05) is 0 Å². The van der Waals surface area contributed by atoms with Crippen LogP contribution in [0.5, 0.6) is 5.75 Å². The molecule has 1 aliphatic heterocycles. The lowest BCUT2D eigenvalue weighted by Gasteiger charge is -2.26. The van der Waals surface area contributed by atoms with Crippen LogP contribution < -0.4 is 10.5 Å². The summed E-state index contributed by atoms with van der Waals surface area (Å²) in [4.78, 5) is 14.1. The van der Waals surface area contributed by atoms with Gasteiger partial charge < -0.3 is 15.6 Å². The molecule has 0 amide bonds. The van der Waals surface area contributed by atoms with E-state index in [2.05, 4.69) is 11.8 Å². The molecule has 0 aromatic carbocycles. The minimum Gasteiger partial charge on any atom is -0.449 e. The number of nitrogen functional groups attached to an aromatic ring is 1. The Morgan fingerprint density at radius 3 is 3.06 bits per heavy atom. The molecule has 6 heteroatoms. The number of anilines is 1. The third-order valence-corrected chi connectivity index (χ3v) is 3.87. The lowest BCUT2D eigenvalue weighted by Crippen LogP contribution is -2.30. The number of carboxylic acid groups (broad SMARTS) is 1. The van der Waals surface area contributed by atoms with Crippen molar-refractivity contribution in [2.75, 3.05) is 18.8 Å². The summed E-state index contributed by atoms with van der Waals surface area (Å²) in [6.45, 7) is 5.00. The van der Waals surface area contributed by atoms with Crippen LogP contribution in [0.4, 0.5) is 9.80 Å². The average molecular weight is 256 g/mol. The Bertz CT molecular complexity index is 431. The zero-order valence-corrected chi connectivity index (χ0v) is 10.5. The van der Waals surface area contributed by atoms with Crippen molar-refractivity contribution < 1.29 is 14.6 Å². The first-order valence-corrected chi connectivity index (χ1v) is 6.46. The molecule has 94 valence electrons. The number of thiophene rings is 1. The molecule has 0 aliphatic carbocycles. The van der Waals surface area contributed by atoms with Gasteiger partial charge in [0.15, 0.2) is 5.75 Å². The third-order valence-electron chi connectivity index (χ3n) is 2.84. The molecule has 0 unspecified atom stereocenters. The van der Waals surface area contributed by atoms with E-state index >= 15 is 0 Å². The van der Waals surface area contributed by atoms with E-state index in [9.17, 15) is 4.79 Å². The van der Waals surface area contributed by atoms with Gasteiger partial charge in [-0.3, -0.25) is 4.90 Å². The van der Waals surface area contributed by atoms with Gasteiger partial charge in [0, 0.05) is 23.5 Å². The summed E-state index contributed by atoms with van der Waals surface area (Å²) in [6.07, 6.45) is 0.633. The summed E-state index contributed by atoms with van der Waals surface area (Å²) in [5.41, 5.74) is 6.77. The number of carbonyl (C=O) groups is 1. The van der Waals surface area contributed by atoms with Crippen molar-refractivity contribution in [3.63, 3.8) is 0 Å². The molecule has 1 aliphatic rings. The quantitative estimate of drug-likeness (QED) is 0.810. The van der Waals surface area contributed by atoms with Crippen LogP contribution in [0, 0.1) is 0 Å². The van der Waals surface area contributed by atoms with E-state index in [0.717, 1.165) is 42.9 Å². The van der Waals surface area contributed by atoms with Gasteiger partial charge in [-0.05, 0) is 19.4 Å². The molecule has 2 rings (SSSR count). The molecule has 0 saturated carbocycles. The second-order valence-corrected chi connectivity index (χ2v) is 5.23. The lowest BCUT2D eigenvalue weighted by atomic mass is 10.1. The summed E-state index contributed by atoms with van der Waals surface area (Å²) in [5.74, 6) is 0.355. The summed E-state index contributed by atoms with van der Waals surface area (Å²) in [6, 6.07) is 0. The number of ether oxygens (including phenoxy) is 1. The Labute approximate surface area is 104 Å². The van der Waals surface area contributed by atoms with E-state index in [-0.39, 0.29) is 0 Å². The fourth-order valence-electron chi connectivity index (χ4n) is 2.16. The third kappa shape index (κ3) is 2.53. The SMILES string of the molecule is CCCN1CCc2c(sc(N)c2OC(=O)O)C1. The molecule has 0 radical (unpaired) electrons. The van der Waals surface area contributed by atoms with Gasteiger partial charge in [0.1, 0.15) is 5.00 Å². The van der Waals surface area contributed by atoms with Gasteiger partial charge in [-0.15, -0.1) is 11.3 Å². The van der Waals surface area contributed by atoms with Gasteiger partial charge in [0.05, 0.1) is 0 Å². The number of hydrogen-bond acceptors (Lipinski definition) is 5. The molecule has 0 saturated heterocycles. The van der Waals surface area contributed by atoms with Crippen LogP contribution >= 0.6 is 11.3 Å². The van der Waals surface area contributed by atoms with Crippen LogP contribution in [0.3, 0.4) is 0 Å². The Hall–Kier alpha value is -1.27. The van der Waals surface area contributed by atoms with Crippen LogP contribution in [0.2, 0.25) is 0 Å². The number of hydrogen-bond donors (Lipinski definition) is 2. The molecule has 17 heavy (non-hydrogen) atoms. The smallest absolute Gasteiger partial charge is 0.449 e. The molecule has 0 spiro atoms. The molecular weight excluding hydrogens is 240 g/mol. The first-order valence-electron chi connectivity index (χ1n) is 5.65. The Morgan fingerprint density at radius 1 is 1.65 bits per heavy atom. The normalized spacial score (nSPS) is 15.6. The van der Waals surface area contributed by atoms with E-state index < -0.39 is 6.16 Å². The van der Waals surface area contributed by atoms with Gasteiger partial charge in [0.2, 0.25) is 0 Å². The van der Waals surface area contributed by atoms with Crippen molar-refractivity contribution in [1.82, 2.24) is 4.90 Å². The molecule has 0 bridgehead atoms. The molecule has 1 aromatic rings. The van der Waals surface area contributed by atoms with Crippen molar-refractivity contribution in [2.45, 2.75) is 26.3 Å². The summed E-state index contributed by atoms with van der Waals surface area (Å²) >= 11 is 1.44. The highest BCUT2D eigenvalue weighted by Gasteiger charge is 2.25. The van der Waals surface area contributed by atoms with Crippen molar-refractivity contribution in [3.8, 4) is 5.75 Å². The maximum atomic E-state index is 10.6. The lowest BCUT2D eigenvalue weighted by molar-refractivity contribution is 0.144. The zero-order chi connectivity index (χ0) is 12.4. The van der Waals surface area contributed by atoms with Gasteiger partial charge >= 0.3 is 6.16 Å². The number of rotatable bonds is 3. The van der Waals surface area contributed by atoms with Crippen LogP contribution in [0.1, 0.15) is 23.8 Å². The highest BCUT2D eigenvalue weighted by atomic mass is 32.1. The number of nitrogens with two attached hydrogens (primary N) is 1. The highest BCUT2D eigenvalue weighted by Crippen LogP contribution is 2.41. The number of fused-ring (bicyclic) bond motifs is 1. The average Bonchev–Trinajstić information content (AvgIpc) is 2.55. The van der Waals surface area contributed by atoms with Crippen LogP contribution in [-0.4, -0.2) is 29.3 Å². The molecule has 1 aromatic heterocycles. The van der Waals surface area contributed by atoms with Gasteiger partial charge in [0.25, 0.3) is 0 Å². The Balaban J connectivity index is 2.21. The standard InChI is InChI=1S/C11H16N2O3S/c1-2-4-13-5-3-7-8(6-13)17-10(12)9(7)16-11(14)15/h2-6,12H2,1H3,(H,14,15). The topological polar surface area (TPSA) is 75.8 Å². The number of nitrogens with zero attached hydrogens (tertiary/aromatic N) is 1. The fourth-order valence-corrected chi connectivity index (χ4v) is 3.24. The van der Waals surface area contributed by atoms with Gasteiger partial charge in [-0.25, -0.2) is 4.79 Å². The minimum atomic E-state index is -1.30. The fraction of sp³-hybridized carbons (Fsp3) is 0.545. The molecular formula is C11H16N2O3S. The molecule has 0 atom stereocenters. The van der Waals surface area contributed by atoms with E-state index in [1.54, 1.807) is 0 Å². The van der Waals surface area contributed by atoms with Crippen LogP contribution in [-0.2, 0) is 13.0 Å². The van der Waals surface area contributed by atoms with Gasteiger partial charge in [-0.1, -0.05) is 6.92 Å². The van der Waals surface area contributed by atoms with Gasteiger partial charge in [-0.2, -0.15) is 0 Å². The molecule has 2 heterocycles. The molecule has 5 nitrogen and oxygen atoms in total. The Kier molecular flexibility index (Phi) is 3.54. The predicted molar refractivity (Wildman–Crippen MR) is 66.7 cm³/mol. The zero-order valence-electron chi connectivity index (χ0n) is 9.73. The van der Waals surface area contributed by atoms with Crippen molar-refractivity contribution in [2.24, 2.45) is 0 Å². The monoisotopic (exact) mass is 256 g/mol. The van der Waals surface area contributed by atoms with E-state index in [1.165, 1.54) is 11.3 Å². The second-order valence-electron chi connectivity index (χ2n) is 4.09. The second kappa shape index (κ2) is 4.93. The maximum Gasteiger partial charge on any atom is 0.511 e. The predicted octanol–water partition coefficient (Wildman–Crippen LogP) is 2.16.